The van der Waals surface area contributed by atoms with Crippen molar-refractivity contribution in [3.8, 4) is 11.8 Å². The van der Waals surface area contributed by atoms with Gasteiger partial charge < -0.3 is 15.4 Å². The number of nitrogens with one attached hydrogen (secondary N) is 2. The Labute approximate surface area is 219 Å². The molecule has 1 saturated heterocycles. The zero-order valence-corrected chi connectivity index (χ0v) is 22.5. The van der Waals surface area contributed by atoms with Gasteiger partial charge in [-0.3, -0.25) is 4.79 Å². The van der Waals surface area contributed by atoms with E-state index in [1.165, 1.54) is 0 Å². The van der Waals surface area contributed by atoms with Gasteiger partial charge in [0.15, 0.2) is 0 Å². The molecular formula is C26H35Cl2N3O2S. The molecule has 2 aromatic carbocycles. The van der Waals surface area contributed by atoms with Gasteiger partial charge in [-0.2, -0.15) is 5.26 Å². The maximum Gasteiger partial charge on any atom is 0.207 e. The molecule has 3 rings (SSSR count). The second-order valence-corrected chi connectivity index (χ2v) is 10.4. The number of rotatable bonds is 6. The molecule has 0 aromatic heterocycles. The van der Waals surface area contributed by atoms with Crippen LogP contribution in [0.25, 0.3) is 0 Å². The Morgan fingerprint density at radius 2 is 1.91 bits per heavy atom. The Morgan fingerprint density at radius 1 is 1.21 bits per heavy atom. The molecule has 1 heterocycles. The number of nitriles is 1. The van der Waals surface area contributed by atoms with Crippen molar-refractivity contribution in [3.05, 3.63) is 58.1 Å². The molecule has 0 radical (unpaired) electrons. The number of thiol groups is 1. The SMILES string of the molecule is CC(C)(C)CCCOc1cc(Cl)ccc1Cl.N#Cc1cccc(S)c1.O=CNC1CCNCC1. The largest absolute Gasteiger partial charge is 0.492 e. The van der Waals surface area contributed by atoms with E-state index in [1.54, 1.807) is 36.4 Å². The third-order valence-electron chi connectivity index (χ3n) is 4.84. The molecule has 0 atom stereocenters. The van der Waals surface area contributed by atoms with Crippen LogP contribution in [0.2, 0.25) is 10.0 Å². The second-order valence-electron chi connectivity index (χ2n) is 9.06. The van der Waals surface area contributed by atoms with Crippen molar-refractivity contribution in [2.45, 2.75) is 57.4 Å². The topological polar surface area (TPSA) is 74.1 Å². The lowest BCUT2D eigenvalue weighted by Crippen LogP contribution is -2.39. The van der Waals surface area contributed by atoms with E-state index < -0.39 is 0 Å². The van der Waals surface area contributed by atoms with Crippen LogP contribution in [0, 0.1) is 16.7 Å². The van der Waals surface area contributed by atoms with Crippen molar-refractivity contribution in [3.63, 3.8) is 0 Å². The standard InChI is InChI=1S/C13H18Cl2O.C7H5NS.C6H12N2O/c1-13(2,3)7-4-8-16-12-9-10(14)5-6-11(12)15;8-5-6-2-1-3-7(9)4-6;9-5-8-6-1-3-7-4-2-6/h5-6,9H,4,7-8H2,1-3H3;1-4,9H;5-7H,1-4H2,(H,8,9). The summed E-state index contributed by atoms with van der Waals surface area (Å²) in [6, 6.07) is 14.8. The highest BCUT2D eigenvalue weighted by Gasteiger charge is 2.10. The van der Waals surface area contributed by atoms with E-state index in [-0.39, 0.29) is 0 Å². The Bertz CT molecular complexity index is 908. The molecule has 0 unspecified atom stereocenters. The minimum Gasteiger partial charge on any atom is -0.492 e. The zero-order valence-electron chi connectivity index (χ0n) is 20.1. The number of amides is 1. The van der Waals surface area contributed by atoms with E-state index in [9.17, 15) is 4.79 Å². The average molecular weight is 525 g/mol. The third-order valence-corrected chi connectivity index (χ3v) is 5.67. The summed E-state index contributed by atoms with van der Waals surface area (Å²) in [5, 5.41) is 15.6. The van der Waals surface area contributed by atoms with Crippen molar-refractivity contribution in [2.24, 2.45) is 5.41 Å². The van der Waals surface area contributed by atoms with Crippen LogP contribution in [-0.2, 0) is 4.79 Å². The molecule has 186 valence electrons. The Hall–Kier alpha value is -1.91. The third kappa shape index (κ3) is 14.4. The first-order valence-corrected chi connectivity index (χ1v) is 12.5. The fraction of sp³-hybridized carbons (Fsp3) is 0.462. The summed E-state index contributed by atoms with van der Waals surface area (Å²) in [5.41, 5.74) is 1.00. The Morgan fingerprint density at radius 3 is 2.47 bits per heavy atom. The lowest BCUT2D eigenvalue weighted by Gasteiger charge is -2.21. The van der Waals surface area contributed by atoms with Gasteiger partial charge in [0.1, 0.15) is 5.75 Å². The average Bonchev–Trinajstić information content (AvgIpc) is 2.80. The fourth-order valence-corrected chi connectivity index (χ4v) is 3.59. The molecule has 2 aromatic rings. The summed E-state index contributed by atoms with van der Waals surface area (Å²) >= 11 is 15.9. The number of halogens is 2. The van der Waals surface area contributed by atoms with Crippen LogP contribution in [-0.4, -0.2) is 32.1 Å². The molecule has 5 nitrogen and oxygen atoms in total. The van der Waals surface area contributed by atoms with Gasteiger partial charge in [-0.05, 0) is 74.5 Å². The van der Waals surface area contributed by atoms with Gasteiger partial charge in [0.2, 0.25) is 6.41 Å². The first-order chi connectivity index (χ1) is 16.1. The molecule has 1 aliphatic heterocycles. The zero-order chi connectivity index (χ0) is 25.4. The minimum atomic E-state index is 0.349. The first kappa shape index (κ1) is 30.1. The van der Waals surface area contributed by atoms with E-state index in [0.717, 1.165) is 50.1 Å². The number of hydrogen-bond donors (Lipinski definition) is 3. The smallest absolute Gasteiger partial charge is 0.207 e. The van der Waals surface area contributed by atoms with Crippen molar-refractivity contribution in [1.82, 2.24) is 10.6 Å². The van der Waals surface area contributed by atoms with Gasteiger partial charge in [0, 0.05) is 22.0 Å². The fourth-order valence-electron chi connectivity index (χ4n) is 3.03. The number of ether oxygens (including phenoxy) is 1. The highest BCUT2D eigenvalue weighted by Crippen LogP contribution is 2.28. The number of benzene rings is 2. The second kappa shape index (κ2) is 16.7. The quantitative estimate of drug-likeness (QED) is 0.228. The molecule has 0 aliphatic carbocycles. The Kier molecular flexibility index (Phi) is 14.8. The highest BCUT2D eigenvalue weighted by atomic mass is 35.5. The van der Waals surface area contributed by atoms with Crippen molar-refractivity contribution >= 4 is 42.2 Å². The highest BCUT2D eigenvalue weighted by molar-refractivity contribution is 7.80. The Balaban J connectivity index is 0.000000274. The van der Waals surface area contributed by atoms with Crippen molar-refractivity contribution < 1.29 is 9.53 Å². The molecule has 2 N–H and O–H groups in total. The van der Waals surface area contributed by atoms with Gasteiger partial charge >= 0.3 is 0 Å². The summed E-state index contributed by atoms with van der Waals surface area (Å²) < 4.78 is 5.60. The van der Waals surface area contributed by atoms with Gasteiger partial charge in [-0.15, -0.1) is 12.6 Å². The number of carbonyl (C=O) groups excluding carboxylic acids is 1. The van der Waals surface area contributed by atoms with E-state index in [2.05, 4.69) is 44.0 Å². The van der Waals surface area contributed by atoms with E-state index in [0.29, 0.717) is 39.4 Å². The number of piperidine rings is 1. The van der Waals surface area contributed by atoms with Crippen LogP contribution >= 0.6 is 35.8 Å². The molecule has 34 heavy (non-hydrogen) atoms. The minimum absolute atomic E-state index is 0.349. The molecule has 0 spiro atoms. The van der Waals surface area contributed by atoms with Crippen LogP contribution < -0.4 is 15.4 Å². The summed E-state index contributed by atoms with van der Waals surface area (Å²) in [6.45, 7) is 9.41. The lowest BCUT2D eigenvalue weighted by atomic mass is 9.91. The van der Waals surface area contributed by atoms with E-state index >= 15 is 0 Å². The number of nitrogens with zero attached hydrogens (tertiary/aromatic N) is 1. The number of carbonyl (C=O) groups is 1. The van der Waals surface area contributed by atoms with Crippen LogP contribution in [0.1, 0.15) is 52.0 Å². The van der Waals surface area contributed by atoms with Crippen LogP contribution in [0.4, 0.5) is 0 Å². The predicted octanol–water partition coefficient (Wildman–Crippen LogP) is 6.53. The van der Waals surface area contributed by atoms with Crippen LogP contribution in [0.3, 0.4) is 0 Å². The van der Waals surface area contributed by atoms with E-state index in [1.807, 2.05) is 12.1 Å². The molecule has 1 aliphatic rings. The molecule has 1 amide bonds. The molecular weight excluding hydrogens is 489 g/mol. The van der Waals surface area contributed by atoms with Gasteiger partial charge in [0.05, 0.1) is 23.3 Å². The van der Waals surface area contributed by atoms with Crippen LogP contribution in [0.5, 0.6) is 5.75 Å². The van der Waals surface area contributed by atoms with Gasteiger partial charge in [0.25, 0.3) is 0 Å². The number of hydrogen-bond acceptors (Lipinski definition) is 5. The summed E-state index contributed by atoms with van der Waals surface area (Å²) in [4.78, 5) is 10.8. The van der Waals surface area contributed by atoms with Gasteiger partial charge in [-0.1, -0.05) is 50.0 Å². The first-order valence-electron chi connectivity index (χ1n) is 11.3. The van der Waals surface area contributed by atoms with Crippen LogP contribution in [0.15, 0.2) is 47.4 Å². The normalized spacial score (nSPS) is 13.3. The van der Waals surface area contributed by atoms with Crippen molar-refractivity contribution in [1.29, 1.82) is 5.26 Å². The summed E-state index contributed by atoms with van der Waals surface area (Å²) in [7, 11) is 0. The van der Waals surface area contributed by atoms with E-state index in [4.69, 9.17) is 33.2 Å². The molecule has 0 saturated carbocycles. The lowest BCUT2D eigenvalue weighted by molar-refractivity contribution is -0.110. The molecule has 1 fully saturated rings. The maximum absolute atomic E-state index is 9.94. The summed E-state index contributed by atoms with van der Waals surface area (Å²) in [6.07, 6.45) is 5.07. The molecule has 0 bridgehead atoms. The summed E-state index contributed by atoms with van der Waals surface area (Å²) in [5.74, 6) is 0.670. The molecule has 8 heteroatoms. The predicted molar refractivity (Wildman–Crippen MR) is 144 cm³/mol. The van der Waals surface area contributed by atoms with Crippen molar-refractivity contribution in [2.75, 3.05) is 19.7 Å². The monoisotopic (exact) mass is 523 g/mol. The van der Waals surface area contributed by atoms with Gasteiger partial charge in [-0.25, -0.2) is 0 Å². The maximum atomic E-state index is 9.94.